The van der Waals surface area contributed by atoms with Crippen molar-refractivity contribution < 1.29 is 9.66 Å². The summed E-state index contributed by atoms with van der Waals surface area (Å²) in [4.78, 5) is 10.2. The van der Waals surface area contributed by atoms with Gasteiger partial charge in [0.05, 0.1) is 12.0 Å². The van der Waals surface area contributed by atoms with Gasteiger partial charge in [-0.25, -0.2) is 0 Å². The lowest BCUT2D eigenvalue weighted by atomic mass is 10.1. The average Bonchev–Trinajstić information content (AvgIpc) is 2.26. The maximum Gasteiger partial charge on any atom is 0.291 e. The Kier molecular flexibility index (Phi) is 3.63. The fourth-order valence-corrected chi connectivity index (χ4v) is 1.61. The van der Waals surface area contributed by atoms with Crippen LogP contribution in [0, 0.1) is 21.4 Å². The number of halogens is 1. The van der Waals surface area contributed by atoms with Crippen LogP contribution in [-0.4, -0.2) is 12.0 Å². The van der Waals surface area contributed by atoms with Crippen molar-refractivity contribution in [1.82, 2.24) is 0 Å². The van der Waals surface area contributed by atoms with E-state index < -0.39 is 4.92 Å². The Balaban J connectivity index is 3.48. The Morgan fingerprint density at radius 1 is 1.67 bits per heavy atom. The molecule has 0 aliphatic rings. The molecule has 0 bridgehead atoms. The van der Waals surface area contributed by atoms with E-state index in [0.29, 0.717) is 16.6 Å². The van der Waals surface area contributed by atoms with E-state index in [1.165, 1.54) is 19.2 Å². The molecule has 0 atom stereocenters. The van der Waals surface area contributed by atoms with E-state index in [-0.39, 0.29) is 11.3 Å². The number of hydrogen-bond acceptors (Lipinski definition) is 4. The topological polar surface area (TPSA) is 76.2 Å². The molecule has 0 saturated carbocycles. The highest BCUT2D eigenvalue weighted by atomic mass is 79.9. The van der Waals surface area contributed by atoms with Gasteiger partial charge in [-0.2, -0.15) is 5.26 Å². The fraction of sp³-hybridized carbons (Fsp3) is 0.222. The molecule has 5 nitrogen and oxygen atoms in total. The molecule has 6 heteroatoms. The van der Waals surface area contributed by atoms with E-state index >= 15 is 0 Å². The molecule has 0 spiro atoms. The SMILES string of the molecule is COc1cc(C#N)c([N+](=O)[O-])c(CBr)c1. The Hall–Kier alpha value is -1.61. The number of hydrogen-bond donors (Lipinski definition) is 0. The zero-order chi connectivity index (χ0) is 11.4. The number of nitrogens with zero attached hydrogens (tertiary/aromatic N) is 2. The Bertz CT molecular complexity index is 440. The summed E-state index contributed by atoms with van der Waals surface area (Å²) in [7, 11) is 1.44. The molecular formula is C9H7BrN2O3. The minimum absolute atomic E-state index is 0.00815. The number of ether oxygens (including phenoxy) is 1. The average molecular weight is 271 g/mol. The summed E-state index contributed by atoms with van der Waals surface area (Å²) in [6.07, 6.45) is 0. The quantitative estimate of drug-likeness (QED) is 0.480. The number of rotatable bonds is 3. The summed E-state index contributed by atoms with van der Waals surface area (Å²) in [5.74, 6) is 0.437. The number of methoxy groups -OCH3 is 1. The number of nitro groups is 1. The van der Waals surface area contributed by atoms with Gasteiger partial charge in [-0.15, -0.1) is 0 Å². The summed E-state index contributed by atoms with van der Waals surface area (Å²) in [6.45, 7) is 0. The summed E-state index contributed by atoms with van der Waals surface area (Å²) in [5, 5.41) is 19.8. The largest absolute Gasteiger partial charge is 0.497 e. The van der Waals surface area contributed by atoms with Gasteiger partial charge in [0.15, 0.2) is 0 Å². The van der Waals surface area contributed by atoms with Crippen molar-refractivity contribution in [2.45, 2.75) is 5.33 Å². The Labute approximate surface area is 94.6 Å². The van der Waals surface area contributed by atoms with Gasteiger partial charge in [-0.3, -0.25) is 10.1 Å². The third-order valence-electron chi connectivity index (χ3n) is 1.85. The highest BCUT2D eigenvalue weighted by molar-refractivity contribution is 9.08. The summed E-state index contributed by atoms with van der Waals surface area (Å²) in [6, 6.07) is 4.67. The first-order chi connectivity index (χ1) is 7.13. The molecule has 0 radical (unpaired) electrons. The van der Waals surface area contributed by atoms with Crippen LogP contribution in [0.5, 0.6) is 5.75 Å². The van der Waals surface area contributed by atoms with Crippen LogP contribution in [0.25, 0.3) is 0 Å². The molecule has 1 rings (SSSR count). The van der Waals surface area contributed by atoms with Gasteiger partial charge >= 0.3 is 0 Å². The second kappa shape index (κ2) is 4.75. The van der Waals surface area contributed by atoms with Crippen molar-refractivity contribution >= 4 is 21.6 Å². The van der Waals surface area contributed by atoms with Gasteiger partial charge in [-0.05, 0) is 6.07 Å². The van der Waals surface area contributed by atoms with E-state index in [4.69, 9.17) is 10.00 Å². The number of benzene rings is 1. The standard InChI is InChI=1S/C9H7BrN2O3/c1-15-8-2-6(4-10)9(12(13)14)7(3-8)5-11/h2-3H,4H2,1H3. The van der Waals surface area contributed by atoms with Gasteiger partial charge in [-0.1, -0.05) is 15.9 Å². The zero-order valence-electron chi connectivity index (χ0n) is 7.86. The van der Waals surface area contributed by atoms with E-state index in [9.17, 15) is 10.1 Å². The van der Waals surface area contributed by atoms with Gasteiger partial charge in [0, 0.05) is 17.0 Å². The second-order valence-corrected chi connectivity index (χ2v) is 3.25. The molecule has 15 heavy (non-hydrogen) atoms. The van der Waals surface area contributed by atoms with E-state index in [1.807, 2.05) is 0 Å². The van der Waals surface area contributed by atoms with Gasteiger partial charge in [0.25, 0.3) is 5.69 Å². The lowest BCUT2D eigenvalue weighted by molar-refractivity contribution is -0.385. The number of nitro benzene ring substituents is 1. The van der Waals surface area contributed by atoms with Crippen molar-refractivity contribution in [3.63, 3.8) is 0 Å². The third kappa shape index (κ3) is 2.25. The van der Waals surface area contributed by atoms with Crippen molar-refractivity contribution in [3.05, 3.63) is 33.4 Å². The molecule has 0 N–H and O–H groups in total. The Morgan fingerprint density at radius 3 is 2.73 bits per heavy atom. The van der Waals surface area contributed by atoms with Gasteiger partial charge in [0.2, 0.25) is 0 Å². The molecule has 78 valence electrons. The van der Waals surface area contributed by atoms with Crippen LogP contribution in [0.2, 0.25) is 0 Å². The van der Waals surface area contributed by atoms with Gasteiger partial charge in [0.1, 0.15) is 17.4 Å². The minimum Gasteiger partial charge on any atom is -0.497 e. The van der Waals surface area contributed by atoms with E-state index in [1.54, 1.807) is 6.07 Å². The summed E-state index contributed by atoms with van der Waals surface area (Å²) in [5.41, 5.74) is 0.264. The van der Waals surface area contributed by atoms with Gasteiger partial charge < -0.3 is 4.74 Å². The van der Waals surface area contributed by atoms with Crippen LogP contribution in [0.3, 0.4) is 0 Å². The van der Waals surface area contributed by atoms with E-state index in [2.05, 4.69) is 15.9 Å². The monoisotopic (exact) mass is 270 g/mol. The number of alkyl halides is 1. The van der Waals surface area contributed by atoms with Crippen LogP contribution in [0.1, 0.15) is 11.1 Å². The smallest absolute Gasteiger partial charge is 0.291 e. The lowest BCUT2D eigenvalue weighted by Crippen LogP contribution is -1.98. The summed E-state index contributed by atoms with van der Waals surface area (Å²) < 4.78 is 4.94. The maximum absolute atomic E-state index is 10.8. The van der Waals surface area contributed by atoms with Crippen LogP contribution >= 0.6 is 15.9 Å². The highest BCUT2D eigenvalue weighted by Crippen LogP contribution is 2.30. The van der Waals surface area contributed by atoms with Crippen molar-refractivity contribution in [2.24, 2.45) is 0 Å². The molecule has 0 fully saturated rings. The molecule has 0 unspecified atom stereocenters. The van der Waals surface area contributed by atoms with Crippen molar-refractivity contribution in [3.8, 4) is 11.8 Å². The normalized spacial score (nSPS) is 9.40. The van der Waals surface area contributed by atoms with Crippen LogP contribution < -0.4 is 4.74 Å². The molecule has 0 heterocycles. The summed E-state index contributed by atoms with van der Waals surface area (Å²) >= 11 is 3.13. The first kappa shape index (κ1) is 11.5. The Morgan fingerprint density at radius 2 is 2.33 bits per heavy atom. The first-order valence-corrected chi connectivity index (χ1v) is 5.07. The number of nitriles is 1. The molecule has 0 saturated heterocycles. The van der Waals surface area contributed by atoms with Crippen LogP contribution in [0.15, 0.2) is 12.1 Å². The second-order valence-electron chi connectivity index (χ2n) is 2.69. The molecular weight excluding hydrogens is 264 g/mol. The minimum atomic E-state index is -0.561. The highest BCUT2D eigenvalue weighted by Gasteiger charge is 2.20. The van der Waals surface area contributed by atoms with Crippen LogP contribution in [0.4, 0.5) is 5.69 Å². The fourth-order valence-electron chi connectivity index (χ4n) is 1.19. The molecule has 0 aromatic heterocycles. The maximum atomic E-state index is 10.8. The third-order valence-corrected chi connectivity index (χ3v) is 2.45. The molecule has 1 aromatic carbocycles. The van der Waals surface area contributed by atoms with Crippen LogP contribution in [-0.2, 0) is 5.33 Å². The predicted octanol–water partition coefficient (Wildman–Crippen LogP) is 2.37. The predicted molar refractivity (Wildman–Crippen MR) is 57.0 cm³/mol. The van der Waals surface area contributed by atoms with Crippen molar-refractivity contribution in [2.75, 3.05) is 7.11 Å². The molecule has 0 aliphatic heterocycles. The lowest BCUT2D eigenvalue weighted by Gasteiger charge is -2.04. The first-order valence-electron chi connectivity index (χ1n) is 3.95. The van der Waals surface area contributed by atoms with E-state index in [0.717, 1.165) is 0 Å². The zero-order valence-corrected chi connectivity index (χ0v) is 9.44. The molecule has 0 aliphatic carbocycles. The molecule has 1 aromatic rings. The van der Waals surface area contributed by atoms with Crippen molar-refractivity contribution in [1.29, 1.82) is 5.26 Å². The molecule has 0 amide bonds.